The summed E-state index contributed by atoms with van der Waals surface area (Å²) in [4.78, 5) is 16.2. The summed E-state index contributed by atoms with van der Waals surface area (Å²) in [5.41, 5.74) is 0.996. The standard InChI is InChI=1S/C11H10Cl3N5/c1-7-17-9(11(12,13)14)19-10(18-7)16-6-8-3-2-4-15-5-8/h2-5H,6H2,1H3,(H,16,17,18,19). The molecule has 0 aromatic carbocycles. The van der Waals surface area contributed by atoms with Crippen molar-refractivity contribution in [2.45, 2.75) is 17.3 Å². The third-order valence-electron chi connectivity index (χ3n) is 2.17. The van der Waals surface area contributed by atoms with Crippen LogP contribution in [0.3, 0.4) is 0 Å². The van der Waals surface area contributed by atoms with Gasteiger partial charge in [0.05, 0.1) is 0 Å². The van der Waals surface area contributed by atoms with Crippen LogP contribution in [-0.2, 0) is 10.3 Å². The number of pyridine rings is 1. The number of nitrogens with zero attached hydrogens (tertiary/aromatic N) is 4. The minimum Gasteiger partial charge on any atom is -0.350 e. The lowest BCUT2D eigenvalue weighted by Crippen LogP contribution is -2.13. The Morgan fingerprint density at radius 2 is 2.00 bits per heavy atom. The molecule has 0 saturated carbocycles. The molecule has 0 aliphatic carbocycles. The number of aromatic nitrogens is 4. The Balaban J connectivity index is 2.15. The van der Waals surface area contributed by atoms with E-state index in [1.807, 2.05) is 12.1 Å². The van der Waals surface area contributed by atoms with E-state index in [0.717, 1.165) is 5.56 Å². The van der Waals surface area contributed by atoms with Crippen LogP contribution in [0.15, 0.2) is 24.5 Å². The zero-order chi connectivity index (χ0) is 13.9. The van der Waals surface area contributed by atoms with Crippen molar-refractivity contribution in [1.29, 1.82) is 0 Å². The number of hydrogen-bond acceptors (Lipinski definition) is 5. The summed E-state index contributed by atoms with van der Waals surface area (Å²) in [6, 6.07) is 3.78. The molecule has 0 unspecified atom stereocenters. The van der Waals surface area contributed by atoms with Crippen LogP contribution in [0.1, 0.15) is 17.2 Å². The van der Waals surface area contributed by atoms with E-state index in [0.29, 0.717) is 18.3 Å². The van der Waals surface area contributed by atoms with Crippen molar-refractivity contribution in [3.05, 3.63) is 41.7 Å². The first kappa shape index (κ1) is 14.2. The number of rotatable bonds is 3. The van der Waals surface area contributed by atoms with Gasteiger partial charge in [-0.25, -0.2) is 4.98 Å². The summed E-state index contributed by atoms with van der Waals surface area (Å²) >= 11 is 17.3. The van der Waals surface area contributed by atoms with Crippen LogP contribution < -0.4 is 5.32 Å². The maximum Gasteiger partial charge on any atom is 0.250 e. The second-order valence-electron chi connectivity index (χ2n) is 3.74. The van der Waals surface area contributed by atoms with Gasteiger partial charge < -0.3 is 5.32 Å². The van der Waals surface area contributed by atoms with Gasteiger partial charge in [-0.15, -0.1) is 0 Å². The van der Waals surface area contributed by atoms with Crippen molar-refractivity contribution in [2.24, 2.45) is 0 Å². The molecule has 0 amide bonds. The van der Waals surface area contributed by atoms with E-state index in [-0.39, 0.29) is 5.82 Å². The van der Waals surface area contributed by atoms with Crippen LogP contribution in [0.25, 0.3) is 0 Å². The molecule has 2 heterocycles. The molecule has 0 fully saturated rings. The lowest BCUT2D eigenvalue weighted by Gasteiger charge is -2.11. The highest BCUT2D eigenvalue weighted by atomic mass is 35.6. The first-order valence-corrected chi connectivity index (χ1v) is 6.51. The quantitative estimate of drug-likeness (QED) is 0.881. The maximum absolute atomic E-state index is 5.76. The van der Waals surface area contributed by atoms with Crippen LogP contribution in [0.2, 0.25) is 0 Å². The number of anilines is 1. The zero-order valence-electron chi connectivity index (χ0n) is 9.94. The van der Waals surface area contributed by atoms with Gasteiger partial charge in [0.2, 0.25) is 9.74 Å². The van der Waals surface area contributed by atoms with E-state index in [1.165, 1.54) is 0 Å². The molecule has 1 N–H and O–H groups in total. The molecule has 2 rings (SSSR count). The topological polar surface area (TPSA) is 63.6 Å². The monoisotopic (exact) mass is 317 g/mol. The van der Waals surface area contributed by atoms with E-state index >= 15 is 0 Å². The molecule has 0 aliphatic heterocycles. The van der Waals surface area contributed by atoms with Gasteiger partial charge in [0.15, 0.2) is 5.82 Å². The van der Waals surface area contributed by atoms with Gasteiger partial charge in [0.25, 0.3) is 0 Å². The smallest absolute Gasteiger partial charge is 0.250 e. The van der Waals surface area contributed by atoms with Gasteiger partial charge >= 0.3 is 0 Å². The Bertz CT molecular complexity index is 556. The molecular weight excluding hydrogens is 309 g/mol. The highest BCUT2D eigenvalue weighted by Gasteiger charge is 2.27. The molecule has 0 spiro atoms. The normalized spacial score (nSPS) is 11.4. The third-order valence-corrected chi connectivity index (χ3v) is 2.68. The molecule has 2 aromatic rings. The van der Waals surface area contributed by atoms with Crippen LogP contribution in [0.5, 0.6) is 0 Å². The molecule has 0 atom stereocenters. The number of halogens is 3. The molecule has 2 aromatic heterocycles. The van der Waals surface area contributed by atoms with E-state index < -0.39 is 3.79 Å². The molecule has 5 nitrogen and oxygen atoms in total. The van der Waals surface area contributed by atoms with Gasteiger partial charge in [0, 0.05) is 18.9 Å². The summed E-state index contributed by atoms with van der Waals surface area (Å²) in [5, 5.41) is 3.04. The average Bonchev–Trinajstić information content (AvgIpc) is 2.36. The molecule has 0 saturated heterocycles. The Hall–Kier alpha value is -1.17. The highest BCUT2D eigenvalue weighted by molar-refractivity contribution is 6.66. The van der Waals surface area contributed by atoms with Crippen molar-refractivity contribution in [1.82, 2.24) is 19.9 Å². The fourth-order valence-corrected chi connectivity index (χ4v) is 1.63. The summed E-state index contributed by atoms with van der Waals surface area (Å²) in [7, 11) is 0. The molecule has 19 heavy (non-hydrogen) atoms. The third kappa shape index (κ3) is 4.16. The number of hydrogen-bond donors (Lipinski definition) is 1. The summed E-state index contributed by atoms with van der Waals surface area (Å²) in [6.45, 7) is 2.23. The lowest BCUT2D eigenvalue weighted by atomic mass is 10.3. The van der Waals surface area contributed by atoms with Gasteiger partial charge in [-0.2, -0.15) is 9.97 Å². The minimum atomic E-state index is -1.67. The maximum atomic E-state index is 5.76. The SMILES string of the molecule is Cc1nc(NCc2cccnc2)nc(C(Cl)(Cl)Cl)n1. The molecule has 0 aliphatic rings. The molecule has 0 radical (unpaired) electrons. The van der Waals surface area contributed by atoms with Crippen molar-refractivity contribution in [3.8, 4) is 0 Å². The van der Waals surface area contributed by atoms with Gasteiger partial charge in [-0.1, -0.05) is 40.9 Å². The largest absolute Gasteiger partial charge is 0.350 e. The van der Waals surface area contributed by atoms with Crippen LogP contribution in [-0.4, -0.2) is 19.9 Å². The first-order valence-electron chi connectivity index (χ1n) is 5.38. The van der Waals surface area contributed by atoms with Crippen molar-refractivity contribution < 1.29 is 0 Å². The Morgan fingerprint density at radius 1 is 1.21 bits per heavy atom. The Morgan fingerprint density at radius 3 is 2.63 bits per heavy atom. The molecule has 0 bridgehead atoms. The van der Waals surface area contributed by atoms with E-state index in [4.69, 9.17) is 34.8 Å². The number of alkyl halides is 3. The summed E-state index contributed by atoms with van der Waals surface area (Å²) in [5.74, 6) is 0.932. The van der Waals surface area contributed by atoms with Gasteiger partial charge in [0.1, 0.15) is 5.82 Å². The number of aryl methyl sites for hydroxylation is 1. The van der Waals surface area contributed by atoms with E-state index in [1.54, 1.807) is 19.3 Å². The summed E-state index contributed by atoms with van der Waals surface area (Å²) < 4.78 is -1.67. The predicted octanol–water partition coefficient (Wildman–Crippen LogP) is 3.01. The van der Waals surface area contributed by atoms with Crippen LogP contribution >= 0.6 is 34.8 Å². The number of nitrogens with one attached hydrogen (secondary N) is 1. The summed E-state index contributed by atoms with van der Waals surface area (Å²) in [6.07, 6.45) is 3.45. The first-order chi connectivity index (χ1) is 8.95. The predicted molar refractivity (Wildman–Crippen MR) is 75.4 cm³/mol. The highest BCUT2D eigenvalue weighted by Crippen LogP contribution is 2.35. The molecular formula is C11H10Cl3N5. The average molecular weight is 319 g/mol. The van der Waals surface area contributed by atoms with Crippen molar-refractivity contribution in [2.75, 3.05) is 5.32 Å². The van der Waals surface area contributed by atoms with E-state index in [2.05, 4.69) is 25.3 Å². The Labute approximate surface area is 125 Å². The van der Waals surface area contributed by atoms with Crippen LogP contribution in [0.4, 0.5) is 5.95 Å². The fraction of sp³-hybridized carbons (Fsp3) is 0.273. The lowest BCUT2D eigenvalue weighted by molar-refractivity contribution is 0.870. The van der Waals surface area contributed by atoms with Crippen LogP contribution in [0, 0.1) is 6.92 Å². The zero-order valence-corrected chi connectivity index (χ0v) is 12.2. The van der Waals surface area contributed by atoms with Gasteiger partial charge in [-0.3, -0.25) is 4.98 Å². The van der Waals surface area contributed by atoms with E-state index in [9.17, 15) is 0 Å². The molecule has 8 heteroatoms. The van der Waals surface area contributed by atoms with Crippen molar-refractivity contribution >= 4 is 40.8 Å². The second kappa shape index (κ2) is 5.86. The van der Waals surface area contributed by atoms with Gasteiger partial charge in [-0.05, 0) is 18.6 Å². The molecule has 100 valence electrons. The fourth-order valence-electron chi connectivity index (χ4n) is 1.37. The van der Waals surface area contributed by atoms with Crippen molar-refractivity contribution in [3.63, 3.8) is 0 Å². The Kier molecular flexibility index (Phi) is 4.39. The minimum absolute atomic E-state index is 0.0960. The second-order valence-corrected chi connectivity index (χ2v) is 6.02.